The minimum Gasteiger partial charge on any atom is -0.344 e. The number of imidazole rings is 1. The zero-order chi connectivity index (χ0) is 16.0. The molecule has 116 valence electrons. The fraction of sp³-hybridized carbons (Fsp3) is 0.214. The summed E-state index contributed by atoms with van der Waals surface area (Å²) in [5.41, 5.74) is 2.51. The normalized spacial score (nSPS) is 11.4. The Balaban J connectivity index is 1.54. The lowest BCUT2D eigenvalue weighted by molar-refractivity contribution is 0.0940. The van der Waals surface area contributed by atoms with Crippen molar-refractivity contribution in [3.05, 3.63) is 46.7 Å². The number of hydrogen-bond acceptors (Lipinski definition) is 6. The zero-order valence-corrected chi connectivity index (χ0v) is 13.3. The van der Waals surface area contributed by atoms with Crippen LogP contribution < -0.4 is 5.32 Å². The maximum absolute atomic E-state index is 12.2. The number of carbonyl (C=O) groups excluding carboxylic acids is 1. The van der Waals surface area contributed by atoms with Crippen LogP contribution in [0.15, 0.2) is 23.8 Å². The quantitative estimate of drug-likeness (QED) is 0.614. The number of carbonyl (C=O) groups is 1. The van der Waals surface area contributed by atoms with Gasteiger partial charge < -0.3 is 5.32 Å². The number of rotatable bonds is 3. The van der Waals surface area contributed by atoms with Crippen LogP contribution in [0.25, 0.3) is 10.7 Å². The van der Waals surface area contributed by atoms with Gasteiger partial charge >= 0.3 is 0 Å². The molecular formula is C14H13N7OS. The van der Waals surface area contributed by atoms with E-state index in [4.69, 9.17) is 0 Å². The van der Waals surface area contributed by atoms with E-state index in [1.165, 1.54) is 0 Å². The van der Waals surface area contributed by atoms with E-state index in [1.54, 1.807) is 15.9 Å². The first-order valence-electron chi connectivity index (χ1n) is 7.00. The van der Waals surface area contributed by atoms with Crippen LogP contribution >= 0.6 is 11.3 Å². The van der Waals surface area contributed by atoms with Crippen molar-refractivity contribution in [2.45, 2.75) is 20.4 Å². The third-order valence-electron chi connectivity index (χ3n) is 3.39. The molecule has 0 aliphatic carbocycles. The van der Waals surface area contributed by atoms with Gasteiger partial charge in [0.2, 0.25) is 5.82 Å². The zero-order valence-electron chi connectivity index (χ0n) is 12.5. The highest BCUT2D eigenvalue weighted by atomic mass is 32.1. The number of nitrogens with zero attached hydrogens (tertiary/aromatic N) is 6. The van der Waals surface area contributed by atoms with Crippen molar-refractivity contribution in [3.8, 4) is 0 Å². The first-order valence-corrected chi connectivity index (χ1v) is 7.88. The Hall–Kier alpha value is -2.81. The van der Waals surface area contributed by atoms with E-state index in [0.29, 0.717) is 12.3 Å². The van der Waals surface area contributed by atoms with Gasteiger partial charge in [0.15, 0.2) is 4.96 Å². The van der Waals surface area contributed by atoms with Crippen molar-refractivity contribution < 1.29 is 4.79 Å². The van der Waals surface area contributed by atoms with E-state index >= 15 is 0 Å². The van der Waals surface area contributed by atoms with Gasteiger partial charge in [-0.2, -0.15) is 4.98 Å². The molecule has 23 heavy (non-hydrogen) atoms. The molecule has 9 heteroatoms. The van der Waals surface area contributed by atoms with Crippen LogP contribution in [0.3, 0.4) is 0 Å². The minimum atomic E-state index is -0.344. The summed E-state index contributed by atoms with van der Waals surface area (Å²) in [6, 6.07) is 1.89. The lowest BCUT2D eigenvalue weighted by atomic mass is 10.4. The molecule has 0 unspecified atom stereocenters. The Kier molecular flexibility index (Phi) is 3.08. The van der Waals surface area contributed by atoms with Crippen LogP contribution in [-0.2, 0) is 6.54 Å². The molecule has 0 saturated heterocycles. The molecular weight excluding hydrogens is 314 g/mol. The third-order valence-corrected chi connectivity index (χ3v) is 4.17. The Morgan fingerprint density at radius 3 is 3.00 bits per heavy atom. The number of hydrogen-bond donors (Lipinski definition) is 1. The summed E-state index contributed by atoms with van der Waals surface area (Å²) in [6.07, 6.45) is 3.82. The molecule has 4 aromatic heterocycles. The van der Waals surface area contributed by atoms with Gasteiger partial charge in [-0.1, -0.05) is 0 Å². The van der Waals surface area contributed by atoms with Crippen LogP contribution in [-0.4, -0.2) is 34.9 Å². The first kappa shape index (κ1) is 13.8. The average molecular weight is 327 g/mol. The third kappa shape index (κ3) is 2.44. The predicted molar refractivity (Wildman–Crippen MR) is 84.5 cm³/mol. The number of fused-ring (bicyclic) bond motifs is 2. The summed E-state index contributed by atoms with van der Waals surface area (Å²) in [5.74, 6) is 0.186. The largest absolute Gasteiger partial charge is 0.344 e. The smallest absolute Gasteiger partial charge is 0.291 e. The summed E-state index contributed by atoms with van der Waals surface area (Å²) in [7, 11) is 0. The van der Waals surface area contributed by atoms with Crippen molar-refractivity contribution in [1.82, 2.24) is 34.3 Å². The number of thiazole rings is 1. The van der Waals surface area contributed by atoms with E-state index < -0.39 is 0 Å². The van der Waals surface area contributed by atoms with Gasteiger partial charge in [0.1, 0.15) is 0 Å². The van der Waals surface area contributed by atoms with E-state index in [-0.39, 0.29) is 11.7 Å². The van der Waals surface area contributed by atoms with Crippen molar-refractivity contribution in [3.63, 3.8) is 0 Å². The molecule has 0 fully saturated rings. The van der Waals surface area contributed by atoms with Crippen LogP contribution in [0, 0.1) is 13.8 Å². The standard InChI is InChI=1S/C14H13N7OS/c1-8-5-9(2)21-13(16-8)18-11(19-21)12(22)15-6-10-7-20-3-4-23-14(20)17-10/h3-5,7H,6H2,1-2H3,(H,15,22). The molecule has 4 aromatic rings. The maximum Gasteiger partial charge on any atom is 0.291 e. The van der Waals surface area contributed by atoms with Crippen LogP contribution in [0.4, 0.5) is 0 Å². The summed E-state index contributed by atoms with van der Waals surface area (Å²) in [4.78, 5) is 26.0. The Bertz CT molecular complexity index is 1000. The SMILES string of the molecule is Cc1cc(C)n2nc(C(=O)NCc3cn4ccsc4n3)nc2n1. The molecule has 8 nitrogen and oxygen atoms in total. The lowest BCUT2D eigenvalue weighted by Crippen LogP contribution is -2.24. The lowest BCUT2D eigenvalue weighted by Gasteiger charge is -1.98. The van der Waals surface area contributed by atoms with Crippen molar-refractivity contribution in [2.75, 3.05) is 0 Å². The highest BCUT2D eigenvalue weighted by molar-refractivity contribution is 7.15. The average Bonchev–Trinajstić information content (AvgIpc) is 3.17. The monoisotopic (exact) mass is 327 g/mol. The maximum atomic E-state index is 12.2. The summed E-state index contributed by atoms with van der Waals surface area (Å²) >= 11 is 1.55. The molecule has 0 aliphatic heterocycles. The Morgan fingerprint density at radius 1 is 1.30 bits per heavy atom. The van der Waals surface area contributed by atoms with E-state index in [0.717, 1.165) is 22.0 Å². The van der Waals surface area contributed by atoms with Gasteiger partial charge in [-0.3, -0.25) is 9.20 Å². The van der Waals surface area contributed by atoms with Gasteiger partial charge in [0, 0.05) is 29.2 Å². The number of aryl methyl sites for hydroxylation is 2. The van der Waals surface area contributed by atoms with E-state index in [1.807, 2.05) is 42.1 Å². The molecule has 0 bridgehead atoms. The summed E-state index contributed by atoms with van der Waals surface area (Å²) in [6.45, 7) is 4.11. The van der Waals surface area contributed by atoms with Gasteiger partial charge in [0.05, 0.1) is 12.2 Å². The number of aromatic nitrogens is 6. The Morgan fingerprint density at radius 2 is 2.17 bits per heavy atom. The number of nitrogens with one attached hydrogen (secondary N) is 1. The molecule has 4 heterocycles. The van der Waals surface area contributed by atoms with Crippen LogP contribution in [0.1, 0.15) is 27.7 Å². The molecule has 1 N–H and O–H groups in total. The van der Waals surface area contributed by atoms with Gasteiger partial charge in [-0.05, 0) is 19.9 Å². The summed E-state index contributed by atoms with van der Waals surface area (Å²) in [5, 5.41) is 8.95. The molecule has 0 radical (unpaired) electrons. The first-order chi connectivity index (χ1) is 11.1. The van der Waals surface area contributed by atoms with Crippen LogP contribution in [0.2, 0.25) is 0 Å². The fourth-order valence-corrected chi connectivity index (χ4v) is 3.09. The number of amides is 1. The highest BCUT2D eigenvalue weighted by Crippen LogP contribution is 2.11. The molecule has 0 saturated carbocycles. The second-order valence-electron chi connectivity index (χ2n) is 5.19. The molecule has 4 rings (SSSR count). The highest BCUT2D eigenvalue weighted by Gasteiger charge is 2.15. The second-order valence-corrected chi connectivity index (χ2v) is 6.07. The Labute approximate surface area is 134 Å². The van der Waals surface area contributed by atoms with Gasteiger partial charge in [-0.15, -0.1) is 16.4 Å². The van der Waals surface area contributed by atoms with Gasteiger partial charge in [0.25, 0.3) is 11.7 Å². The molecule has 1 amide bonds. The molecule has 0 aromatic carbocycles. The van der Waals surface area contributed by atoms with Crippen molar-refractivity contribution in [1.29, 1.82) is 0 Å². The van der Waals surface area contributed by atoms with E-state index in [2.05, 4.69) is 25.4 Å². The molecule has 0 atom stereocenters. The van der Waals surface area contributed by atoms with Crippen LogP contribution in [0.5, 0.6) is 0 Å². The molecule has 0 aliphatic rings. The molecule has 0 spiro atoms. The second kappa shape index (κ2) is 5.13. The van der Waals surface area contributed by atoms with E-state index in [9.17, 15) is 4.79 Å². The van der Waals surface area contributed by atoms with Crippen molar-refractivity contribution >= 4 is 28.0 Å². The minimum absolute atomic E-state index is 0.104. The fourth-order valence-electron chi connectivity index (χ4n) is 2.37. The summed E-state index contributed by atoms with van der Waals surface area (Å²) < 4.78 is 3.49. The predicted octanol–water partition coefficient (Wildman–Crippen LogP) is 1.38. The van der Waals surface area contributed by atoms with Gasteiger partial charge in [-0.25, -0.2) is 14.5 Å². The van der Waals surface area contributed by atoms with Crippen molar-refractivity contribution in [2.24, 2.45) is 0 Å². The topological polar surface area (TPSA) is 89.5 Å².